The average molecular weight is 353 g/mol. The quantitative estimate of drug-likeness (QED) is 0.911. The number of aromatic nitrogens is 3. The molecule has 1 aromatic heterocycles. The van der Waals surface area contributed by atoms with E-state index >= 15 is 0 Å². The maximum atomic E-state index is 13.3. The van der Waals surface area contributed by atoms with E-state index in [-0.39, 0.29) is 23.8 Å². The molecule has 3 aliphatic heterocycles. The standard InChI is InChI=1S/C19H23N5O2/c1-2-9-24-14-8-7-13(18(24)25)10-23(11-14)19(26)16-6-4-3-5-15(16)17-20-12-21-22-17/h3-6,12-14H,2,7-11H2,1H3,(H,20,21,22)/t13-,14+/m1/s1. The molecular weight excluding hydrogens is 330 g/mol. The second kappa shape index (κ2) is 6.90. The van der Waals surface area contributed by atoms with Crippen molar-refractivity contribution in [1.82, 2.24) is 25.0 Å². The number of piperidine rings is 1. The highest BCUT2D eigenvalue weighted by Crippen LogP contribution is 2.31. The molecule has 3 fully saturated rings. The highest BCUT2D eigenvalue weighted by Gasteiger charge is 2.41. The topological polar surface area (TPSA) is 82.2 Å². The summed E-state index contributed by atoms with van der Waals surface area (Å²) >= 11 is 0. The summed E-state index contributed by atoms with van der Waals surface area (Å²) in [5, 5.41) is 6.72. The molecule has 3 saturated heterocycles. The Kier molecular flexibility index (Phi) is 4.44. The molecule has 7 nitrogen and oxygen atoms in total. The van der Waals surface area contributed by atoms with Crippen LogP contribution in [0, 0.1) is 5.92 Å². The third-order valence-electron chi connectivity index (χ3n) is 5.37. The number of aromatic amines is 1. The largest absolute Gasteiger partial charge is 0.338 e. The van der Waals surface area contributed by atoms with Crippen molar-refractivity contribution in [2.24, 2.45) is 5.92 Å². The van der Waals surface area contributed by atoms with E-state index in [0.717, 1.165) is 31.4 Å². The van der Waals surface area contributed by atoms with Crippen LogP contribution in [0.5, 0.6) is 0 Å². The van der Waals surface area contributed by atoms with Gasteiger partial charge in [-0.3, -0.25) is 14.7 Å². The van der Waals surface area contributed by atoms with Crippen LogP contribution in [0.4, 0.5) is 0 Å². The summed E-state index contributed by atoms with van der Waals surface area (Å²) in [7, 11) is 0. The summed E-state index contributed by atoms with van der Waals surface area (Å²) in [5.41, 5.74) is 1.34. The van der Waals surface area contributed by atoms with Crippen molar-refractivity contribution in [1.29, 1.82) is 0 Å². The van der Waals surface area contributed by atoms with Gasteiger partial charge in [-0.15, -0.1) is 0 Å². The van der Waals surface area contributed by atoms with Crippen LogP contribution in [0.2, 0.25) is 0 Å². The SMILES string of the molecule is CCCN1C(=O)[C@@H]2CC[C@H]1CN(C(=O)c1ccccc1-c1ncn[nH]1)C2. The lowest BCUT2D eigenvalue weighted by atomic mass is 9.94. The van der Waals surface area contributed by atoms with Gasteiger partial charge in [0, 0.05) is 31.2 Å². The number of fused-ring (bicyclic) bond motifs is 4. The minimum Gasteiger partial charge on any atom is -0.338 e. The highest BCUT2D eigenvalue weighted by atomic mass is 16.2. The van der Waals surface area contributed by atoms with Crippen LogP contribution >= 0.6 is 0 Å². The summed E-state index contributed by atoms with van der Waals surface area (Å²) in [6.45, 7) is 3.96. The van der Waals surface area contributed by atoms with Crippen molar-refractivity contribution in [2.75, 3.05) is 19.6 Å². The van der Waals surface area contributed by atoms with E-state index in [4.69, 9.17) is 0 Å². The van der Waals surface area contributed by atoms with Crippen molar-refractivity contribution in [3.05, 3.63) is 36.2 Å². The van der Waals surface area contributed by atoms with E-state index in [9.17, 15) is 9.59 Å². The molecule has 3 aliphatic rings. The lowest BCUT2D eigenvalue weighted by Gasteiger charge is -2.35. The molecule has 2 atom stereocenters. The number of nitrogens with zero attached hydrogens (tertiary/aromatic N) is 4. The molecule has 0 spiro atoms. The monoisotopic (exact) mass is 353 g/mol. The Morgan fingerprint density at radius 3 is 2.88 bits per heavy atom. The molecule has 136 valence electrons. The van der Waals surface area contributed by atoms with Crippen LogP contribution in [0.15, 0.2) is 30.6 Å². The molecule has 0 saturated carbocycles. The van der Waals surface area contributed by atoms with E-state index in [1.807, 2.05) is 34.1 Å². The maximum absolute atomic E-state index is 13.3. The Bertz CT molecular complexity index is 804. The van der Waals surface area contributed by atoms with E-state index in [0.29, 0.717) is 24.5 Å². The van der Waals surface area contributed by atoms with Gasteiger partial charge in [-0.25, -0.2) is 4.98 Å². The van der Waals surface area contributed by atoms with Gasteiger partial charge in [0.25, 0.3) is 5.91 Å². The van der Waals surface area contributed by atoms with Gasteiger partial charge in [-0.1, -0.05) is 25.1 Å². The molecule has 0 aliphatic carbocycles. The molecule has 2 aromatic rings. The summed E-state index contributed by atoms with van der Waals surface area (Å²) in [6, 6.07) is 7.55. The lowest BCUT2D eigenvalue weighted by molar-refractivity contribution is -0.139. The van der Waals surface area contributed by atoms with E-state index < -0.39 is 0 Å². The predicted molar refractivity (Wildman–Crippen MR) is 96.2 cm³/mol. The summed E-state index contributed by atoms with van der Waals surface area (Å²) in [5.74, 6) is 0.666. The Hall–Kier alpha value is -2.70. The second-order valence-electron chi connectivity index (χ2n) is 7.05. The normalized spacial score (nSPS) is 22.6. The van der Waals surface area contributed by atoms with Crippen molar-refractivity contribution >= 4 is 11.8 Å². The summed E-state index contributed by atoms with van der Waals surface area (Å²) in [4.78, 5) is 34.0. The summed E-state index contributed by atoms with van der Waals surface area (Å²) in [6.07, 6.45) is 4.22. The fourth-order valence-electron chi connectivity index (χ4n) is 4.12. The molecular formula is C19H23N5O2. The number of carbonyl (C=O) groups excluding carboxylic acids is 2. The van der Waals surface area contributed by atoms with E-state index in [1.165, 1.54) is 6.33 Å². The molecule has 26 heavy (non-hydrogen) atoms. The van der Waals surface area contributed by atoms with Crippen molar-refractivity contribution in [3.63, 3.8) is 0 Å². The first-order valence-corrected chi connectivity index (χ1v) is 9.23. The molecule has 1 aromatic carbocycles. The first kappa shape index (κ1) is 16.8. The van der Waals surface area contributed by atoms with Crippen molar-refractivity contribution < 1.29 is 9.59 Å². The predicted octanol–water partition coefficient (Wildman–Crippen LogP) is 1.94. The maximum Gasteiger partial charge on any atom is 0.254 e. The number of hydrogen-bond acceptors (Lipinski definition) is 4. The molecule has 7 heteroatoms. The van der Waals surface area contributed by atoms with Crippen LogP contribution < -0.4 is 0 Å². The Morgan fingerprint density at radius 1 is 1.27 bits per heavy atom. The van der Waals surface area contributed by atoms with Crippen LogP contribution in [0.3, 0.4) is 0 Å². The number of nitrogens with one attached hydrogen (secondary N) is 1. The molecule has 1 N–H and O–H groups in total. The van der Waals surface area contributed by atoms with Gasteiger partial charge in [0.15, 0.2) is 5.82 Å². The molecule has 2 bridgehead atoms. The van der Waals surface area contributed by atoms with Crippen molar-refractivity contribution in [2.45, 2.75) is 32.2 Å². The van der Waals surface area contributed by atoms with Gasteiger partial charge in [0.2, 0.25) is 5.91 Å². The molecule has 0 unspecified atom stereocenters. The number of carbonyl (C=O) groups is 2. The van der Waals surface area contributed by atoms with Crippen molar-refractivity contribution in [3.8, 4) is 11.4 Å². The lowest BCUT2D eigenvalue weighted by Crippen LogP contribution is -2.48. The van der Waals surface area contributed by atoms with Gasteiger partial charge in [-0.2, -0.15) is 5.10 Å². The zero-order valence-electron chi connectivity index (χ0n) is 14.9. The third-order valence-corrected chi connectivity index (χ3v) is 5.37. The van der Waals surface area contributed by atoms with E-state index in [1.54, 1.807) is 0 Å². The molecule has 2 amide bonds. The van der Waals surface area contributed by atoms with Crippen LogP contribution in [-0.4, -0.2) is 62.5 Å². The number of rotatable bonds is 4. The Labute approximate surface area is 152 Å². The van der Waals surface area contributed by atoms with Gasteiger partial charge >= 0.3 is 0 Å². The zero-order chi connectivity index (χ0) is 18.1. The van der Waals surface area contributed by atoms with Crippen LogP contribution in [-0.2, 0) is 4.79 Å². The fourth-order valence-corrected chi connectivity index (χ4v) is 4.12. The number of H-pyrrole nitrogens is 1. The molecule has 4 heterocycles. The Balaban J connectivity index is 1.63. The minimum absolute atomic E-state index is 0.0416. The van der Waals surface area contributed by atoms with Crippen LogP contribution in [0.25, 0.3) is 11.4 Å². The van der Waals surface area contributed by atoms with Gasteiger partial charge in [0.1, 0.15) is 6.33 Å². The number of amides is 2. The minimum atomic E-state index is -0.0818. The molecule has 5 rings (SSSR count). The first-order chi connectivity index (χ1) is 12.7. The zero-order valence-corrected chi connectivity index (χ0v) is 14.9. The Morgan fingerprint density at radius 2 is 2.12 bits per heavy atom. The third kappa shape index (κ3) is 2.87. The molecule has 0 radical (unpaired) electrons. The number of hydrogen-bond donors (Lipinski definition) is 1. The number of benzene rings is 1. The first-order valence-electron chi connectivity index (χ1n) is 9.23. The highest BCUT2D eigenvalue weighted by molar-refractivity contribution is 6.00. The summed E-state index contributed by atoms with van der Waals surface area (Å²) < 4.78 is 0. The fraction of sp³-hybridized carbons (Fsp3) is 0.474. The van der Waals surface area contributed by atoms with E-state index in [2.05, 4.69) is 22.1 Å². The smallest absolute Gasteiger partial charge is 0.254 e. The van der Waals surface area contributed by atoms with Gasteiger partial charge in [-0.05, 0) is 25.3 Å². The van der Waals surface area contributed by atoms with Gasteiger partial charge < -0.3 is 9.80 Å². The second-order valence-corrected chi connectivity index (χ2v) is 7.05. The average Bonchev–Trinajstić information content (AvgIpc) is 3.07. The van der Waals surface area contributed by atoms with Crippen LogP contribution in [0.1, 0.15) is 36.5 Å². The van der Waals surface area contributed by atoms with Gasteiger partial charge in [0.05, 0.1) is 11.5 Å².